The molecule has 5 rings (SSSR count). The third-order valence-corrected chi connectivity index (χ3v) is 6.70. The fourth-order valence-corrected chi connectivity index (χ4v) is 4.76. The molecule has 0 radical (unpaired) electrons. The normalized spacial score (nSPS) is 11.5. The molecule has 0 aliphatic rings. The highest BCUT2D eigenvalue weighted by molar-refractivity contribution is 6.02. The first-order valence-electron chi connectivity index (χ1n) is 12.0. The number of halogens is 16. The van der Waals surface area contributed by atoms with Gasteiger partial charge >= 0.3 is 0 Å². The Balaban J connectivity index is 2.18. The van der Waals surface area contributed by atoms with Crippen molar-refractivity contribution in [2.45, 2.75) is 0 Å². The van der Waals surface area contributed by atoms with E-state index in [0.29, 0.717) is 0 Å². The number of benzene rings is 5. The van der Waals surface area contributed by atoms with Gasteiger partial charge in [0.25, 0.3) is 0 Å². The molecule has 0 unspecified atom stereocenters. The van der Waals surface area contributed by atoms with Crippen LogP contribution in [-0.2, 0) is 0 Å². The van der Waals surface area contributed by atoms with Crippen molar-refractivity contribution >= 4 is 0 Å². The molecule has 0 saturated carbocycles. The Kier molecular flexibility index (Phi) is 8.03. The highest BCUT2D eigenvalue weighted by atomic mass is 19.2. The molecule has 0 bridgehead atoms. The van der Waals surface area contributed by atoms with E-state index in [1.165, 1.54) is 0 Å². The maximum atomic E-state index is 15.3. The molecule has 0 heterocycles. The first kappa shape index (κ1) is 32.4. The van der Waals surface area contributed by atoms with E-state index >= 15 is 35.1 Å². The Morgan fingerprint density at radius 1 is 0.217 bits per heavy atom. The molecule has 46 heavy (non-hydrogen) atoms. The van der Waals surface area contributed by atoms with Crippen molar-refractivity contribution in [1.29, 1.82) is 0 Å². The van der Waals surface area contributed by atoms with Crippen molar-refractivity contribution in [2.75, 3.05) is 0 Å². The Morgan fingerprint density at radius 2 is 0.435 bits per heavy atom. The van der Waals surface area contributed by atoms with E-state index in [2.05, 4.69) is 0 Å². The second-order valence-corrected chi connectivity index (χ2v) is 9.28. The lowest BCUT2D eigenvalue weighted by molar-refractivity contribution is 0.435. The van der Waals surface area contributed by atoms with Crippen LogP contribution in [0.25, 0.3) is 44.5 Å². The minimum atomic E-state index is -2.69. The van der Waals surface area contributed by atoms with E-state index < -0.39 is 150 Å². The van der Waals surface area contributed by atoms with Crippen LogP contribution in [0, 0.1) is 93.1 Å². The Morgan fingerprint density at radius 3 is 0.696 bits per heavy atom. The predicted molar refractivity (Wildman–Crippen MR) is 128 cm³/mol. The van der Waals surface area contributed by atoms with Crippen LogP contribution in [-0.4, -0.2) is 0 Å². The zero-order chi connectivity index (χ0) is 34.1. The van der Waals surface area contributed by atoms with E-state index in [1.807, 2.05) is 0 Å². The van der Waals surface area contributed by atoms with Gasteiger partial charge in [-0.25, -0.2) is 70.2 Å². The summed E-state index contributed by atoms with van der Waals surface area (Å²) in [7, 11) is 0. The molecule has 0 aliphatic heterocycles. The molecule has 0 aliphatic carbocycles. The zero-order valence-corrected chi connectivity index (χ0v) is 21.5. The Hall–Kier alpha value is -5.02. The molecule has 0 fully saturated rings. The fraction of sp³-hybridized carbons (Fsp3) is 0. The van der Waals surface area contributed by atoms with E-state index in [9.17, 15) is 35.1 Å². The maximum Gasteiger partial charge on any atom is 0.195 e. The SMILES string of the molecule is Fc1cc(F)c(-c2ccc(-c3c(F)cc(F)c(F)c3F)c(-c3c(F)cc(F)c(F)c3F)c2-c2c(F)cc(F)c(F)c2F)c(F)c1F. The van der Waals surface area contributed by atoms with Gasteiger partial charge < -0.3 is 0 Å². The second kappa shape index (κ2) is 11.4. The third kappa shape index (κ3) is 4.82. The molecule has 16 heteroatoms. The summed E-state index contributed by atoms with van der Waals surface area (Å²) in [5.74, 6) is -38.4. The molecule has 5 aromatic carbocycles. The lowest BCUT2D eigenvalue weighted by Crippen LogP contribution is -2.08. The molecule has 0 atom stereocenters. The van der Waals surface area contributed by atoms with Crippen LogP contribution in [0.2, 0.25) is 0 Å². The highest BCUT2D eigenvalue weighted by Crippen LogP contribution is 2.51. The van der Waals surface area contributed by atoms with Crippen LogP contribution in [0.3, 0.4) is 0 Å². The van der Waals surface area contributed by atoms with Gasteiger partial charge in [-0.1, -0.05) is 12.1 Å². The minimum absolute atomic E-state index is 0.170. The summed E-state index contributed by atoms with van der Waals surface area (Å²) in [4.78, 5) is 0. The summed E-state index contributed by atoms with van der Waals surface area (Å²) in [6.45, 7) is 0. The summed E-state index contributed by atoms with van der Waals surface area (Å²) in [5.41, 5.74) is -14.7. The number of hydrogen-bond acceptors (Lipinski definition) is 0. The van der Waals surface area contributed by atoms with Gasteiger partial charge in [-0.2, -0.15) is 0 Å². The van der Waals surface area contributed by atoms with E-state index in [0.717, 1.165) is 0 Å². The van der Waals surface area contributed by atoms with Crippen molar-refractivity contribution in [3.05, 3.63) is 129 Å². The van der Waals surface area contributed by atoms with Crippen molar-refractivity contribution in [1.82, 2.24) is 0 Å². The van der Waals surface area contributed by atoms with Crippen LogP contribution >= 0.6 is 0 Å². The third-order valence-electron chi connectivity index (χ3n) is 6.70. The zero-order valence-electron chi connectivity index (χ0n) is 21.5. The van der Waals surface area contributed by atoms with Crippen LogP contribution in [0.4, 0.5) is 70.2 Å². The maximum absolute atomic E-state index is 15.3. The molecule has 0 saturated heterocycles. The van der Waals surface area contributed by atoms with Crippen LogP contribution in [0.1, 0.15) is 0 Å². The summed E-state index contributed by atoms with van der Waals surface area (Å²) < 4.78 is 234. The van der Waals surface area contributed by atoms with Crippen molar-refractivity contribution in [3.63, 3.8) is 0 Å². The number of rotatable bonds is 4. The smallest absolute Gasteiger partial charge is 0.195 e. The molecule has 0 nitrogen and oxygen atoms in total. The first-order valence-corrected chi connectivity index (χ1v) is 12.0. The Bertz CT molecular complexity index is 1970. The van der Waals surface area contributed by atoms with Crippen LogP contribution in [0.15, 0.2) is 36.4 Å². The number of hydrogen-bond donors (Lipinski definition) is 0. The molecule has 0 amide bonds. The first-order chi connectivity index (χ1) is 21.5. The van der Waals surface area contributed by atoms with Gasteiger partial charge in [-0.3, -0.25) is 0 Å². The minimum Gasteiger partial charge on any atom is -0.206 e. The van der Waals surface area contributed by atoms with Gasteiger partial charge in [-0.15, -0.1) is 0 Å². The Labute approximate surface area is 244 Å². The summed E-state index contributed by atoms with van der Waals surface area (Å²) >= 11 is 0. The van der Waals surface area contributed by atoms with Crippen molar-refractivity contribution < 1.29 is 70.2 Å². The lowest BCUT2D eigenvalue weighted by Gasteiger charge is -2.23. The van der Waals surface area contributed by atoms with Crippen molar-refractivity contribution in [3.8, 4) is 44.5 Å². The van der Waals surface area contributed by atoms with Gasteiger partial charge in [0.1, 0.15) is 23.3 Å². The molecule has 0 aromatic heterocycles. The predicted octanol–water partition coefficient (Wildman–Crippen LogP) is 10.6. The van der Waals surface area contributed by atoms with E-state index in [1.54, 1.807) is 0 Å². The molecule has 0 N–H and O–H groups in total. The fourth-order valence-electron chi connectivity index (χ4n) is 4.76. The van der Waals surface area contributed by atoms with Crippen LogP contribution < -0.4 is 0 Å². The summed E-state index contributed by atoms with van der Waals surface area (Å²) in [5, 5.41) is 0. The molecule has 5 aromatic rings. The molecule has 0 spiro atoms. The van der Waals surface area contributed by atoms with Gasteiger partial charge in [0.2, 0.25) is 0 Å². The monoisotopic (exact) mass is 670 g/mol. The lowest BCUT2D eigenvalue weighted by atomic mass is 9.81. The van der Waals surface area contributed by atoms with Gasteiger partial charge in [0.15, 0.2) is 69.8 Å². The average Bonchev–Trinajstić information content (AvgIpc) is 2.98. The highest BCUT2D eigenvalue weighted by Gasteiger charge is 2.35. The molecular formula is C30H6F16. The average molecular weight is 670 g/mol. The van der Waals surface area contributed by atoms with E-state index in [-0.39, 0.29) is 24.3 Å². The van der Waals surface area contributed by atoms with Gasteiger partial charge in [0, 0.05) is 35.4 Å². The summed E-state index contributed by atoms with van der Waals surface area (Å²) in [6.07, 6.45) is 0. The van der Waals surface area contributed by atoms with E-state index in [4.69, 9.17) is 0 Å². The standard InChI is InChI=1S/C30H6F16/c31-9-3-13(35)23(39)27(43)17(9)7-1-2-8(18-10(32)4-14(36)24(40)28(18)44)20(22-12(34)6-16(38)26(42)30(22)46)19(7)21-11(33)5-15(37)25(41)29(21)45/h1-6H. The van der Waals surface area contributed by atoms with Crippen LogP contribution in [0.5, 0.6) is 0 Å². The van der Waals surface area contributed by atoms with Crippen molar-refractivity contribution in [2.24, 2.45) is 0 Å². The van der Waals surface area contributed by atoms with Gasteiger partial charge in [-0.05, 0) is 11.1 Å². The van der Waals surface area contributed by atoms with Gasteiger partial charge in [0.05, 0.1) is 22.3 Å². The topological polar surface area (TPSA) is 0 Å². The second-order valence-electron chi connectivity index (χ2n) is 9.28. The quantitative estimate of drug-likeness (QED) is 0.101. The molecule has 238 valence electrons. The largest absolute Gasteiger partial charge is 0.206 e. The summed E-state index contributed by atoms with van der Waals surface area (Å²) in [6, 6.07) is -1.25. The molecular weight excluding hydrogens is 664 g/mol.